The SMILES string of the molecule is CCC1CC=c2ncsc2=CC1. The Balaban J connectivity index is 2.40. The van der Waals surface area contributed by atoms with E-state index in [2.05, 4.69) is 24.1 Å². The molecule has 64 valence electrons. The Hall–Kier alpha value is -0.630. The minimum Gasteiger partial charge on any atom is -0.245 e. The highest BCUT2D eigenvalue weighted by molar-refractivity contribution is 7.07. The first-order valence-electron chi connectivity index (χ1n) is 4.50. The van der Waals surface area contributed by atoms with Crippen molar-refractivity contribution in [3.8, 4) is 0 Å². The van der Waals surface area contributed by atoms with E-state index in [-0.39, 0.29) is 0 Å². The Labute approximate surface area is 76.5 Å². The van der Waals surface area contributed by atoms with E-state index in [0.29, 0.717) is 0 Å². The van der Waals surface area contributed by atoms with Crippen LogP contribution in [0.3, 0.4) is 0 Å². The lowest BCUT2D eigenvalue weighted by Gasteiger charge is -2.06. The van der Waals surface area contributed by atoms with Gasteiger partial charge in [-0.15, -0.1) is 11.3 Å². The fourth-order valence-corrected chi connectivity index (χ4v) is 2.28. The molecule has 0 amide bonds. The van der Waals surface area contributed by atoms with Gasteiger partial charge in [0.15, 0.2) is 0 Å². The predicted octanol–water partition coefficient (Wildman–Crippen LogP) is 1.52. The van der Waals surface area contributed by atoms with Crippen molar-refractivity contribution in [2.45, 2.75) is 26.2 Å². The summed E-state index contributed by atoms with van der Waals surface area (Å²) in [5.41, 5.74) is 1.93. The van der Waals surface area contributed by atoms with Crippen molar-refractivity contribution in [3.63, 3.8) is 0 Å². The van der Waals surface area contributed by atoms with E-state index in [1.807, 2.05) is 5.51 Å². The normalized spacial score (nSPS) is 21.9. The molecule has 1 atom stereocenters. The lowest BCUT2D eigenvalue weighted by molar-refractivity contribution is 0.549. The van der Waals surface area contributed by atoms with Gasteiger partial charge in [-0.25, -0.2) is 4.98 Å². The molecule has 0 aromatic carbocycles. The molecule has 12 heavy (non-hydrogen) atoms. The summed E-state index contributed by atoms with van der Waals surface area (Å²) < 4.78 is 1.37. The fourth-order valence-electron chi connectivity index (χ4n) is 1.55. The number of fused-ring (bicyclic) bond motifs is 1. The van der Waals surface area contributed by atoms with E-state index in [4.69, 9.17) is 0 Å². The van der Waals surface area contributed by atoms with Gasteiger partial charge in [-0.05, 0) is 18.8 Å². The first-order chi connectivity index (χ1) is 5.90. The largest absolute Gasteiger partial charge is 0.245 e. The Bertz CT molecular complexity index is 331. The summed E-state index contributed by atoms with van der Waals surface area (Å²) in [5.74, 6) is 0.839. The van der Waals surface area contributed by atoms with Gasteiger partial charge < -0.3 is 0 Å². The van der Waals surface area contributed by atoms with Crippen LogP contribution in [0.2, 0.25) is 0 Å². The lowest BCUT2D eigenvalue weighted by Crippen LogP contribution is -2.19. The summed E-state index contributed by atoms with van der Waals surface area (Å²) in [7, 11) is 0. The van der Waals surface area contributed by atoms with E-state index in [1.54, 1.807) is 11.3 Å². The molecule has 0 N–H and O–H groups in total. The number of nitrogens with zero attached hydrogens (tertiary/aromatic N) is 1. The molecule has 1 aliphatic rings. The van der Waals surface area contributed by atoms with Crippen LogP contribution in [0.4, 0.5) is 0 Å². The van der Waals surface area contributed by atoms with Crippen LogP contribution in [0.1, 0.15) is 26.2 Å². The molecule has 2 heteroatoms. The number of hydrogen-bond donors (Lipinski definition) is 0. The molecule has 0 saturated carbocycles. The summed E-state index contributed by atoms with van der Waals surface area (Å²) in [5, 5.41) is 1.20. The first kappa shape index (κ1) is 7.99. The monoisotopic (exact) mass is 179 g/mol. The van der Waals surface area contributed by atoms with Gasteiger partial charge in [-0.3, -0.25) is 0 Å². The van der Waals surface area contributed by atoms with Crippen LogP contribution in [0.5, 0.6) is 0 Å². The van der Waals surface area contributed by atoms with Crippen LogP contribution in [0.25, 0.3) is 12.2 Å². The lowest BCUT2D eigenvalue weighted by atomic mass is 10.00. The third kappa shape index (κ3) is 1.44. The van der Waals surface area contributed by atoms with E-state index < -0.39 is 0 Å². The van der Waals surface area contributed by atoms with Crippen LogP contribution in [-0.2, 0) is 0 Å². The van der Waals surface area contributed by atoms with Gasteiger partial charge >= 0.3 is 0 Å². The molecular weight excluding hydrogens is 166 g/mol. The van der Waals surface area contributed by atoms with Crippen LogP contribution in [-0.4, -0.2) is 4.98 Å². The highest BCUT2D eigenvalue weighted by Gasteiger charge is 2.05. The van der Waals surface area contributed by atoms with Gasteiger partial charge in [-0.1, -0.05) is 25.5 Å². The van der Waals surface area contributed by atoms with E-state index in [9.17, 15) is 0 Å². The van der Waals surface area contributed by atoms with Gasteiger partial charge in [-0.2, -0.15) is 0 Å². The summed E-state index contributed by atoms with van der Waals surface area (Å²) in [4.78, 5) is 4.32. The molecular formula is C10H13NS. The van der Waals surface area contributed by atoms with Crippen molar-refractivity contribution in [2.75, 3.05) is 0 Å². The maximum atomic E-state index is 4.32. The number of aromatic nitrogens is 1. The molecule has 1 unspecified atom stereocenters. The molecule has 1 aromatic rings. The minimum absolute atomic E-state index is 0.839. The number of thiazole rings is 1. The van der Waals surface area contributed by atoms with Crippen LogP contribution in [0, 0.1) is 5.92 Å². The van der Waals surface area contributed by atoms with E-state index in [1.165, 1.54) is 29.1 Å². The molecule has 1 nitrogen and oxygen atoms in total. The fraction of sp³-hybridized carbons (Fsp3) is 0.500. The zero-order valence-corrected chi connectivity index (χ0v) is 8.10. The quantitative estimate of drug-likeness (QED) is 0.637. The smallest absolute Gasteiger partial charge is 0.0805 e. The van der Waals surface area contributed by atoms with Crippen LogP contribution < -0.4 is 9.88 Å². The summed E-state index contributed by atoms with van der Waals surface area (Å²) >= 11 is 1.75. The van der Waals surface area contributed by atoms with Crippen molar-refractivity contribution in [1.29, 1.82) is 0 Å². The second kappa shape index (κ2) is 3.40. The second-order valence-corrected chi connectivity index (χ2v) is 4.14. The van der Waals surface area contributed by atoms with E-state index in [0.717, 1.165) is 5.92 Å². The average Bonchev–Trinajstić information content (AvgIpc) is 2.46. The molecule has 0 spiro atoms. The molecule has 0 saturated heterocycles. The summed E-state index contributed by atoms with van der Waals surface area (Å²) in [6.45, 7) is 2.26. The molecule has 1 aromatic heterocycles. The molecule has 0 aliphatic heterocycles. The zero-order chi connectivity index (χ0) is 8.39. The number of hydrogen-bond acceptors (Lipinski definition) is 2. The molecule has 0 fully saturated rings. The molecule has 1 heterocycles. The Morgan fingerprint density at radius 3 is 3.17 bits per heavy atom. The van der Waals surface area contributed by atoms with E-state index >= 15 is 0 Å². The van der Waals surface area contributed by atoms with Gasteiger partial charge in [0.1, 0.15) is 0 Å². The zero-order valence-electron chi connectivity index (χ0n) is 7.29. The average molecular weight is 179 g/mol. The predicted molar refractivity (Wildman–Crippen MR) is 53.3 cm³/mol. The molecule has 1 aliphatic carbocycles. The van der Waals surface area contributed by atoms with Crippen molar-refractivity contribution < 1.29 is 0 Å². The molecule has 0 radical (unpaired) electrons. The third-order valence-electron chi connectivity index (χ3n) is 2.48. The van der Waals surface area contributed by atoms with Crippen molar-refractivity contribution >= 4 is 23.5 Å². The van der Waals surface area contributed by atoms with Gasteiger partial charge in [0, 0.05) is 4.53 Å². The maximum absolute atomic E-state index is 4.32. The van der Waals surface area contributed by atoms with Crippen molar-refractivity contribution in [2.24, 2.45) is 5.92 Å². The maximum Gasteiger partial charge on any atom is 0.0805 e. The third-order valence-corrected chi connectivity index (χ3v) is 3.32. The second-order valence-electron chi connectivity index (χ2n) is 3.26. The van der Waals surface area contributed by atoms with Crippen molar-refractivity contribution in [3.05, 3.63) is 15.4 Å². The highest BCUT2D eigenvalue weighted by atomic mass is 32.1. The van der Waals surface area contributed by atoms with Gasteiger partial charge in [0.2, 0.25) is 0 Å². The molecule has 2 rings (SSSR count). The minimum atomic E-state index is 0.839. The topological polar surface area (TPSA) is 12.9 Å². The summed E-state index contributed by atoms with van der Waals surface area (Å²) in [6.07, 6.45) is 8.32. The standard InChI is InChI=1S/C10H13NS/c1-2-8-3-5-9-10(6-4-8)12-7-11-9/h5-8H,2-4H2,1H3. The van der Waals surface area contributed by atoms with Crippen LogP contribution >= 0.6 is 11.3 Å². The number of rotatable bonds is 1. The Morgan fingerprint density at radius 1 is 1.50 bits per heavy atom. The Kier molecular flexibility index (Phi) is 2.26. The highest BCUT2D eigenvalue weighted by Crippen LogP contribution is 2.15. The summed E-state index contributed by atoms with van der Waals surface area (Å²) in [6, 6.07) is 0. The van der Waals surface area contributed by atoms with Crippen LogP contribution in [0.15, 0.2) is 5.51 Å². The Morgan fingerprint density at radius 2 is 2.33 bits per heavy atom. The van der Waals surface area contributed by atoms with Gasteiger partial charge in [0.25, 0.3) is 0 Å². The van der Waals surface area contributed by atoms with Gasteiger partial charge in [0.05, 0.1) is 10.9 Å². The van der Waals surface area contributed by atoms with Crippen molar-refractivity contribution in [1.82, 2.24) is 4.98 Å². The molecule has 0 bridgehead atoms. The first-order valence-corrected chi connectivity index (χ1v) is 5.38.